The van der Waals surface area contributed by atoms with Gasteiger partial charge in [0.1, 0.15) is 11.4 Å². The number of ether oxygens (including phenoxy) is 1. The minimum Gasteiger partial charge on any atom is -0.496 e. The summed E-state index contributed by atoms with van der Waals surface area (Å²) < 4.78 is 5.00. The lowest BCUT2D eigenvalue weighted by atomic mass is 10.2. The van der Waals surface area contributed by atoms with E-state index in [0.29, 0.717) is 24.8 Å². The lowest BCUT2D eigenvalue weighted by Crippen LogP contribution is -2.27. The molecule has 2 aromatic rings. The van der Waals surface area contributed by atoms with E-state index in [4.69, 9.17) is 4.74 Å². The summed E-state index contributed by atoms with van der Waals surface area (Å²) in [4.78, 5) is 26.6. The smallest absolute Gasteiger partial charge is 0.296 e. The van der Waals surface area contributed by atoms with Crippen LogP contribution in [0.1, 0.15) is 30.2 Å². The van der Waals surface area contributed by atoms with Crippen molar-refractivity contribution >= 4 is 28.6 Å². The number of hydrogen-bond acceptors (Lipinski definition) is 6. The van der Waals surface area contributed by atoms with Crippen LogP contribution in [-0.2, 0) is 4.79 Å². The Morgan fingerprint density at radius 2 is 2.31 bits per heavy atom. The van der Waals surface area contributed by atoms with Crippen molar-refractivity contribution < 1.29 is 14.5 Å². The van der Waals surface area contributed by atoms with Crippen LogP contribution < -0.4 is 10.1 Å². The summed E-state index contributed by atoms with van der Waals surface area (Å²) in [6.45, 7) is 1.61. The van der Waals surface area contributed by atoms with Crippen molar-refractivity contribution in [2.24, 2.45) is 0 Å². The van der Waals surface area contributed by atoms with E-state index in [9.17, 15) is 14.9 Å². The van der Waals surface area contributed by atoms with Gasteiger partial charge in [0, 0.05) is 23.9 Å². The standard InChI is InChI=1S/C18H21N3O4S/c1-25-13-6-7-14(16(12-13)21(23)24)19-18(22)8-10-20-9-2-4-15(20)17-5-3-11-26-17/h3,5-7,11-12,15H,2,4,8-10H2,1H3,(H,19,22). The summed E-state index contributed by atoms with van der Waals surface area (Å²) in [7, 11) is 1.44. The molecule has 0 bridgehead atoms. The number of amides is 1. The highest BCUT2D eigenvalue weighted by molar-refractivity contribution is 7.10. The molecule has 1 amide bonds. The molecule has 0 radical (unpaired) electrons. The van der Waals surface area contributed by atoms with Crippen LogP contribution in [0.25, 0.3) is 0 Å². The summed E-state index contributed by atoms with van der Waals surface area (Å²) in [6.07, 6.45) is 2.52. The molecule has 138 valence electrons. The average molecular weight is 375 g/mol. The van der Waals surface area contributed by atoms with Crippen molar-refractivity contribution in [3.05, 3.63) is 50.7 Å². The second-order valence-corrected chi connectivity index (χ2v) is 7.13. The Morgan fingerprint density at radius 1 is 1.46 bits per heavy atom. The fourth-order valence-corrected chi connectivity index (χ4v) is 4.15. The monoisotopic (exact) mass is 375 g/mol. The average Bonchev–Trinajstić information content (AvgIpc) is 3.31. The molecule has 1 atom stereocenters. The molecule has 1 aromatic heterocycles. The summed E-state index contributed by atoms with van der Waals surface area (Å²) in [6, 6.07) is 8.96. The molecule has 1 aliphatic rings. The van der Waals surface area contributed by atoms with Crippen LogP contribution in [0.5, 0.6) is 5.75 Å². The fourth-order valence-electron chi connectivity index (χ4n) is 3.25. The highest BCUT2D eigenvalue weighted by Gasteiger charge is 2.27. The number of methoxy groups -OCH3 is 1. The third-order valence-electron chi connectivity index (χ3n) is 4.54. The number of anilines is 1. The van der Waals surface area contributed by atoms with Gasteiger partial charge in [0.25, 0.3) is 5.69 Å². The minimum absolute atomic E-state index is 0.171. The first-order valence-corrected chi connectivity index (χ1v) is 9.36. The van der Waals surface area contributed by atoms with Crippen LogP contribution in [0.3, 0.4) is 0 Å². The maximum absolute atomic E-state index is 12.3. The molecule has 7 nitrogen and oxygen atoms in total. The molecule has 0 saturated carbocycles. The number of carbonyl (C=O) groups excluding carboxylic acids is 1. The second-order valence-electron chi connectivity index (χ2n) is 6.15. The van der Waals surface area contributed by atoms with Crippen molar-refractivity contribution in [1.29, 1.82) is 0 Å². The maximum atomic E-state index is 12.3. The van der Waals surface area contributed by atoms with E-state index in [0.717, 1.165) is 19.4 Å². The van der Waals surface area contributed by atoms with Gasteiger partial charge in [0.2, 0.25) is 5.91 Å². The van der Waals surface area contributed by atoms with Crippen LogP contribution in [0.2, 0.25) is 0 Å². The molecule has 2 heterocycles. The van der Waals surface area contributed by atoms with E-state index in [2.05, 4.69) is 21.7 Å². The van der Waals surface area contributed by atoms with Crippen molar-refractivity contribution in [2.75, 3.05) is 25.5 Å². The number of likely N-dealkylation sites (tertiary alicyclic amines) is 1. The zero-order valence-corrected chi connectivity index (χ0v) is 15.3. The number of nitro benzene ring substituents is 1. The normalized spacial score (nSPS) is 17.2. The lowest BCUT2D eigenvalue weighted by Gasteiger charge is -2.23. The molecule has 1 fully saturated rings. The Morgan fingerprint density at radius 3 is 3.00 bits per heavy atom. The van der Waals surface area contributed by atoms with Gasteiger partial charge in [-0.1, -0.05) is 6.07 Å². The van der Waals surface area contributed by atoms with Gasteiger partial charge in [-0.3, -0.25) is 19.8 Å². The molecular weight excluding hydrogens is 354 g/mol. The minimum atomic E-state index is -0.522. The van der Waals surface area contributed by atoms with Crippen LogP contribution in [0, 0.1) is 10.1 Å². The van der Waals surface area contributed by atoms with Crippen molar-refractivity contribution in [2.45, 2.75) is 25.3 Å². The Kier molecular flexibility index (Phi) is 5.85. The molecule has 3 rings (SSSR count). The number of nitrogens with zero attached hydrogens (tertiary/aromatic N) is 2. The van der Waals surface area contributed by atoms with Crippen molar-refractivity contribution in [1.82, 2.24) is 4.90 Å². The number of rotatable bonds is 7. The second kappa shape index (κ2) is 8.29. The number of nitrogens with one attached hydrogen (secondary N) is 1. The van der Waals surface area contributed by atoms with Gasteiger partial charge in [-0.2, -0.15) is 0 Å². The molecule has 0 aliphatic carbocycles. The van der Waals surface area contributed by atoms with E-state index < -0.39 is 4.92 Å². The topological polar surface area (TPSA) is 84.7 Å². The predicted molar refractivity (Wildman–Crippen MR) is 101 cm³/mol. The highest BCUT2D eigenvalue weighted by Crippen LogP contribution is 2.34. The number of thiophene rings is 1. The van der Waals surface area contributed by atoms with Gasteiger partial charge in [0.15, 0.2) is 0 Å². The first kappa shape index (κ1) is 18.3. The summed E-state index contributed by atoms with van der Waals surface area (Å²) in [5, 5.41) is 15.9. The number of benzene rings is 1. The Balaban J connectivity index is 1.60. The fraction of sp³-hybridized carbons (Fsp3) is 0.389. The Bertz CT molecular complexity index is 779. The van der Waals surface area contributed by atoms with Gasteiger partial charge < -0.3 is 10.1 Å². The third-order valence-corrected chi connectivity index (χ3v) is 5.51. The first-order valence-electron chi connectivity index (χ1n) is 8.48. The zero-order chi connectivity index (χ0) is 18.5. The summed E-state index contributed by atoms with van der Waals surface area (Å²) >= 11 is 1.74. The highest BCUT2D eigenvalue weighted by atomic mass is 32.1. The molecule has 1 unspecified atom stereocenters. The van der Waals surface area contributed by atoms with E-state index in [1.807, 2.05) is 6.07 Å². The quantitative estimate of drug-likeness (QED) is 0.587. The Hall–Kier alpha value is -2.45. The van der Waals surface area contributed by atoms with E-state index in [-0.39, 0.29) is 17.3 Å². The number of carbonyl (C=O) groups is 1. The van der Waals surface area contributed by atoms with Crippen LogP contribution in [0.4, 0.5) is 11.4 Å². The Labute approximate surface area is 155 Å². The molecule has 0 spiro atoms. The predicted octanol–water partition coefficient (Wildman–Crippen LogP) is 3.83. The molecular formula is C18H21N3O4S. The lowest BCUT2D eigenvalue weighted by molar-refractivity contribution is -0.384. The van der Waals surface area contributed by atoms with Gasteiger partial charge in [-0.05, 0) is 43.0 Å². The zero-order valence-electron chi connectivity index (χ0n) is 14.5. The maximum Gasteiger partial charge on any atom is 0.296 e. The van der Waals surface area contributed by atoms with E-state index in [1.54, 1.807) is 17.4 Å². The van der Waals surface area contributed by atoms with Gasteiger partial charge in [-0.15, -0.1) is 11.3 Å². The summed E-state index contributed by atoms with van der Waals surface area (Å²) in [5.74, 6) is 0.153. The van der Waals surface area contributed by atoms with E-state index >= 15 is 0 Å². The van der Waals surface area contributed by atoms with Crippen LogP contribution in [-0.4, -0.2) is 35.9 Å². The van der Waals surface area contributed by atoms with Crippen molar-refractivity contribution in [3.63, 3.8) is 0 Å². The van der Waals surface area contributed by atoms with Crippen LogP contribution in [0.15, 0.2) is 35.7 Å². The third kappa shape index (κ3) is 4.20. The molecule has 1 aliphatic heterocycles. The van der Waals surface area contributed by atoms with Gasteiger partial charge in [-0.25, -0.2) is 0 Å². The van der Waals surface area contributed by atoms with Crippen LogP contribution >= 0.6 is 11.3 Å². The van der Waals surface area contributed by atoms with Crippen molar-refractivity contribution in [3.8, 4) is 5.75 Å². The molecule has 1 saturated heterocycles. The number of nitro groups is 1. The number of hydrogen-bond donors (Lipinski definition) is 1. The first-order chi connectivity index (χ1) is 12.6. The van der Waals surface area contributed by atoms with Gasteiger partial charge >= 0.3 is 0 Å². The molecule has 26 heavy (non-hydrogen) atoms. The largest absolute Gasteiger partial charge is 0.496 e. The molecule has 8 heteroatoms. The van der Waals surface area contributed by atoms with E-state index in [1.165, 1.54) is 24.1 Å². The molecule has 1 aromatic carbocycles. The van der Waals surface area contributed by atoms with Gasteiger partial charge in [0.05, 0.1) is 18.1 Å². The SMILES string of the molecule is COc1ccc(NC(=O)CCN2CCCC2c2cccs2)c([N+](=O)[O-])c1. The summed E-state index contributed by atoms with van der Waals surface area (Å²) in [5.41, 5.74) is 0.0207. The molecule has 1 N–H and O–H groups in total.